The van der Waals surface area contributed by atoms with E-state index < -0.39 is 5.97 Å². The summed E-state index contributed by atoms with van der Waals surface area (Å²) in [5.74, 6) is -0.549. The fourth-order valence-electron chi connectivity index (χ4n) is 1.66. The molecular formula is C13H11BrClNO3. The summed E-state index contributed by atoms with van der Waals surface area (Å²) in [5.41, 5.74) is 1.35. The van der Waals surface area contributed by atoms with Crippen molar-refractivity contribution in [1.82, 2.24) is 0 Å². The van der Waals surface area contributed by atoms with Crippen molar-refractivity contribution in [2.75, 3.05) is 5.32 Å². The highest BCUT2D eigenvalue weighted by atomic mass is 79.9. The minimum absolute atomic E-state index is 0.0304. The Bertz CT molecular complexity index is 624. The van der Waals surface area contributed by atoms with Gasteiger partial charge in [0.15, 0.2) is 0 Å². The number of nitrogens with one attached hydrogen (secondary N) is 1. The van der Waals surface area contributed by atoms with Crippen LogP contribution >= 0.6 is 27.5 Å². The molecule has 0 aliphatic heterocycles. The average Bonchev–Trinajstić information content (AvgIpc) is 2.72. The van der Waals surface area contributed by atoms with Crippen molar-refractivity contribution >= 4 is 39.2 Å². The van der Waals surface area contributed by atoms with E-state index in [0.717, 1.165) is 10.2 Å². The average molecular weight is 345 g/mol. The third kappa shape index (κ3) is 3.30. The van der Waals surface area contributed by atoms with Gasteiger partial charge in [-0.1, -0.05) is 27.5 Å². The highest BCUT2D eigenvalue weighted by Crippen LogP contribution is 2.26. The first-order valence-corrected chi connectivity index (χ1v) is 6.66. The van der Waals surface area contributed by atoms with E-state index >= 15 is 0 Å². The van der Waals surface area contributed by atoms with Gasteiger partial charge in [0.1, 0.15) is 5.76 Å². The van der Waals surface area contributed by atoms with Crippen molar-refractivity contribution in [2.45, 2.75) is 13.5 Å². The van der Waals surface area contributed by atoms with Gasteiger partial charge in [0.2, 0.25) is 5.76 Å². The van der Waals surface area contributed by atoms with E-state index in [2.05, 4.69) is 21.2 Å². The maximum absolute atomic E-state index is 10.9. The first kappa shape index (κ1) is 14.0. The quantitative estimate of drug-likeness (QED) is 0.867. The molecule has 100 valence electrons. The van der Waals surface area contributed by atoms with Gasteiger partial charge in [0.25, 0.3) is 0 Å². The zero-order valence-electron chi connectivity index (χ0n) is 10.0. The Labute approximate surface area is 123 Å². The molecule has 0 unspecified atom stereocenters. The smallest absolute Gasteiger partial charge is 0.372 e. The SMILES string of the molecule is Cc1cc(CNc2cc(Br)ccc2Cl)oc1C(=O)O. The van der Waals surface area contributed by atoms with E-state index in [-0.39, 0.29) is 5.76 Å². The number of rotatable bonds is 4. The predicted molar refractivity (Wildman–Crippen MR) is 76.9 cm³/mol. The molecule has 0 aliphatic carbocycles. The van der Waals surface area contributed by atoms with Crippen molar-refractivity contribution < 1.29 is 14.3 Å². The number of hydrogen-bond acceptors (Lipinski definition) is 3. The van der Waals surface area contributed by atoms with Gasteiger partial charge in [-0.15, -0.1) is 0 Å². The Kier molecular flexibility index (Phi) is 4.17. The van der Waals surface area contributed by atoms with Gasteiger partial charge in [-0.25, -0.2) is 4.79 Å². The number of furan rings is 1. The van der Waals surface area contributed by atoms with Crippen LogP contribution in [0.25, 0.3) is 0 Å². The van der Waals surface area contributed by atoms with Crippen molar-refractivity contribution in [2.24, 2.45) is 0 Å². The fourth-order valence-corrected chi connectivity index (χ4v) is 2.21. The molecule has 0 aliphatic rings. The summed E-state index contributed by atoms with van der Waals surface area (Å²) in [6.07, 6.45) is 0. The van der Waals surface area contributed by atoms with E-state index in [1.807, 2.05) is 12.1 Å². The van der Waals surface area contributed by atoms with Gasteiger partial charge in [-0.05, 0) is 31.2 Å². The predicted octanol–water partition coefficient (Wildman–Crippen LogP) is 4.31. The van der Waals surface area contributed by atoms with Gasteiger partial charge in [-0.2, -0.15) is 0 Å². The van der Waals surface area contributed by atoms with Crippen molar-refractivity contribution in [1.29, 1.82) is 0 Å². The molecular weight excluding hydrogens is 334 g/mol. The van der Waals surface area contributed by atoms with E-state index in [4.69, 9.17) is 21.1 Å². The van der Waals surface area contributed by atoms with Crippen LogP contribution in [0.1, 0.15) is 21.9 Å². The van der Waals surface area contributed by atoms with Gasteiger partial charge in [0, 0.05) is 10.0 Å². The third-order valence-corrected chi connectivity index (χ3v) is 3.37. The second-order valence-electron chi connectivity index (χ2n) is 4.01. The van der Waals surface area contributed by atoms with Crippen molar-refractivity contribution in [3.63, 3.8) is 0 Å². The maximum Gasteiger partial charge on any atom is 0.372 e. The third-order valence-electron chi connectivity index (χ3n) is 2.54. The lowest BCUT2D eigenvalue weighted by atomic mass is 10.2. The molecule has 0 saturated heterocycles. The molecule has 1 heterocycles. The zero-order valence-corrected chi connectivity index (χ0v) is 12.4. The molecule has 6 heteroatoms. The Hall–Kier alpha value is -1.46. The van der Waals surface area contributed by atoms with E-state index in [0.29, 0.717) is 22.9 Å². The summed E-state index contributed by atoms with van der Waals surface area (Å²) in [6, 6.07) is 7.15. The largest absolute Gasteiger partial charge is 0.475 e. The molecule has 0 spiro atoms. The molecule has 2 rings (SSSR count). The highest BCUT2D eigenvalue weighted by molar-refractivity contribution is 9.10. The van der Waals surface area contributed by atoms with Crippen LogP contribution in [0.15, 0.2) is 33.2 Å². The Morgan fingerprint density at radius 3 is 2.84 bits per heavy atom. The summed E-state index contributed by atoms with van der Waals surface area (Å²) >= 11 is 9.40. The van der Waals surface area contributed by atoms with Crippen LogP contribution in [-0.2, 0) is 6.54 Å². The molecule has 1 aromatic heterocycles. The van der Waals surface area contributed by atoms with Crippen LogP contribution in [0.3, 0.4) is 0 Å². The number of benzene rings is 1. The maximum atomic E-state index is 10.9. The number of carboxylic acid groups (broad SMARTS) is 1. The first-order valence-electron chi connectivity index (χ1n) is 5.49. The summed E-state index contributed by atoms with van der Waals surface area (Å²) in [4.78, 5) is 10.9. The number of carbonyl (C=O) groups is 1. The number of anilines is 1. The molecule has 1 aromatic carbocycles. The molecule has 2 aromatic rings. The second-order valence-corrected chi connectivity index (χ2v) is 5.33. The van der Waals surface area contributed by atoms with Crippen LogP contribution in [0.5, 0.6) is 0 Å². The Balaban J connectivity index is 2.12. The molecule has 19 heavy (non-hydrogen) atoms. The van der Waals surface area contributed by atoms with E-state index in [1.54, 1.807) is 19.1 Å². The van der Waals surface area contributed by atoms with Crippen LogP contribution < -0.4 is 5.32 Å². The van der Waals surface area contributed by atoms with Crippen LogP contribution in [0.4, 0.5) is 5.69 Å². The molecule has 0 amide bonds. The topological polar surface area (TPSA) is 62.5 Å². The number of aryl methyl sites for hydroxylation is 1. The van der Waals surface area contributed by atoms with E-state index in [9.17, 15) is 4.79 Å². The second kappa shape index (κ2) is 5.67. The Morgan fingerprint density at radius 1 is 1.47 bits per heavy atom. The number of carboxylic acids is 1. The lowest BCUT2D eigenvalue weighted by Crippen LogP contribution is -1.99. The normalized spacial score (nSPS) is 10.5. The minimum Gasteiger partial charge on any atom is -0.475 e. The molecule has 0 fully saturated rings. The lowest BCUT2D eigenvalue weighted by molar-refractivity contribution is 0.0659. The fraction of sp³-hybridized carbons (Fsp3) is 0.154. The summed E-state index contributed by atoms with van der Waals surface area (Å²) in [7, 11) is 0. The van der Waals surface area contributed by atoms with Gasteiger partial charge in [-0.3, -0.25) is 0 Å². The molecule has 4 nitrogen and oxygen atoms in total. The first-order chi connectivity index (χ1) is 8.97. The lowest BCUT2D eigenvalue weighted by Gasteiger charge is -2.07. The number of halogens is 2. The summed E-state index contributed by atoms with van der Waals surface area (Å²) in [5, 5.41) is 12.6. The Morgan fingerprint density at radius 2 is 2.21 bits per heavy atom. The summed E-state index contributed by atoms with van der Waals surface area (Å²) in [6.45, 7) is 2.06. The molecule has 0 atom stereocenters. The summed E-state index contributed by atoms with van der Waals surface area (Å²) < 4.78 is 6.15. The standard InChI is InChI=1S/C13H11BrClNO3/c1-7-4-9(19-12(7)13(17)18)6-16-11-5-8(14)2-3-10(11)15/h2-5,16H,6H2,1H3,(H,17,18). The molecule has 0 radical (unpaired) electrons. The highest BCUT2D eigenvalue weighted by Gasteiger charge is 2.14. The van der Waals surface area contributed by atoms with Gasteiger partial charge < -0.3 is 14.8 Å². The molecule has 0 bridgehead atoms. The number of hydrogen-bond donors (Lipinski definition) is 2. The van der Waals surface area contributed by atoms with Crippen LogP contribution in [0.2, 0.25) is 5.02 Å². The molecule has 2 N–H and O–H groups in total. The molecule has 0 saturated carbocycles. The van der Waals surface area contributed by atoms with Gasteiger partial charge in [0.05, 0.1) is 17.3 Å². The minimum atomic E-state index is -1.07. The number of aromatic carboxylic acids is 1. The van der Waals surface area contributed by atoms with Crippen molar-refractivity contribution in [3.05, 3.63) is 50.8 Å². The van der Waals surface area contributed by atoms with Crippen LogP contribution in [0, 0.1) is 6.92 Å². The van der Waals surface area contributed by atoms with Gasteiger partial charge >= 0.3 is 5.97 Å². The monoisotopic (exact) mass is 343 g/mol. The van der Waals surface area contributed by atoms with Crippen LogP contribution in [-0.4, -0.2) is 11.1 Å². The zero-order chi connectivity index (χ0) is 14.0. The van der Waals surface area contributed by atoms with Crippen molar-refractivity contribution in [3.8, 4) is 0 Å². The van der Waals surface area contributed by atoms with E-state index in [1.165, 1.54) is 0 Å².